The van der Waals surface area contributed by atoms with Crippen molar-refractivity contribution >= 4 is 23.8 Å². The maximum atomic E-state index is 10.1. The van der Waals surface area contributed by atoms with Gasteiger partial charge in [-0.2, -0.15) is 0 Å². The molecule has 0 saturated heterocycles. The quantitative estimate of drug-likeness (QED) is 0.525. The average Bonchev–Trinajstić information content (AvgIpc) is 2.86. The van der Waals surface area contributed by atoms with Gasteiger partial charge >= 0.3 is 0 Å². The molecule has 3 atom stereocenters. The molecular weight excluding hydrogens is 328 g/mol. The SMILES string of the molecule is Cc1cccc(Cl)c1-n1cc([C@H](O)[C@H](O)[C@H](O)CO)[nH]c1=S. The number of rotatable bonds is 5. The van der Waals surface area contributed by atoms with Crippen LogP contribution in [0.5, 0.6) is 0 Å². The number of aliphatic hydroxyl groups excluding tert-OH is 4. The van der Waals surface area contributed by atoms with Crippen LogP contribution in [-0.4, -0.2) is 48.8 Å². The normalized spacial score (nSPS) is 15.5. The Bertz CT molecular complexity index is 695. The Morgan fingerprint density at radius 1 is 1.32 bits per heavy atom. The fourth-order valence-electron chi connectivity index (χ4n) is 2.16. The van der Waals surface area contributed by atoms with Crippen molar-refractivity contribution in [2.75, 3.05) is 6.61 Å². The highest BCUT2D eigenvalue weighted by molar-refractivity contribution is 7.71. The molecule has 0 fully saturated rings. The van der Waals surface area contributed by atoms with Gasteiger partial charge in [-0.1, -0.05) is 23.7 Å². The van der Waals surface area contributed by atoms with E-state index in [1.807, 2.05) is 19.1 Å². The van der Waals surface area contributed by atoms with Crippen LogP contribution in [0.15, 0.2) is 24.4 Å². The molecule has 120 valence electrons. The van der Waals surface area contributed by atoms with Gasteiger partial charge in [0, 0.05) is 6.20 Å². The minimum atomic E-state index is -1.54. The molecule has 1 aromatic heterocycles. The summed E-state index contributed by atoms with van der Waals surface area (Å²) in [6, 6.07) is 5.41. The highest BCUT2D eigenvalue weighted by Crippen LogP contribution is 2.26. The number of halogens is 1. The summed E-state index contributed by atoms with van der Waals surface area (Å²) in [5, 5.41) is 38.6. The Labute approximate surface area is 137 Å². The lowest BCUT2D eigenvalue weighted by Gasteiger charge is -2.20. The van der Waals surface area contributed by atoms with Gasteiger partial charge in [0.2, 0.25) is 0 Å². The van der Waals surface area contributed by atoms with Crippen LogP contribution < -0.4 is 0 Å². The molecule has 0 unspecified atom stereocenters. The Hall–Kier alpha value is -1.22. The van der Waals surface area contributed by atoms with Crippen molar-refractivity contribution < 1.29 is 20.4 Å². The summed E-state index contributed by atoms with van der Waals surface area (Å²) in [6.45, 7) is 1.21. The van der Waals surface area contributed by atoms with Crippen LogP contribution in [0, 0.1) is 11.7 Å². The summed E-state index contributed by atoms with van der Waals surface area (Å²) in [5.41, 5.74) is 1.77. The third-order valence-electron chi connectivity index (χ3n) is 3.39. The van der Waals surface area contributed by atoms with Crippen molar-refractivity contribution in [3.8, 4) is 5.69 Å². The third kappa shape index (κ3) is 3.24. The lowest BCUT2D eigenvalue weighted by Crippen LogP contribution is -2.34. The van der Waals surface area contributed by atoms with E-state index in [1.54, 1.807) is 10.6 Å². The van der Waals surface area contributed by atoms with Gasteiger partial charge in [-0.3, -0.25) is 4.57 Å². The number of hydrogen-bond donors (Lipinski definition) is 5. The van der Waals surface area contributed by atoms with Gasteiger partial charge in [-0.25, -0.2) is 0 Å². The zero-order valence-corrected chi connectivity index (χ0v) is 13.3. The van der Waals surface area contributed by atoms with Gasteiger partial charge in [-0.05, 0) is 30.8 Å². The molecule has 2 aromatic rings. The Morgan fingerprint density at radius 3 is 2.59 bits per heavy atom. The maximum Gasteiger partial charge on any atom is 0.182 e. The highest BCUT2D eigenvalue weighted by atomic mass is 35.5. The van der Waals surface area contributed by atoms with Crippen LogP contribution in [-0.2, 0) is 0 Å². The van der Waals surface area contributed by atoms with Crippen LogP contribution >= 0.6 is 23.8 Å². The van der Waals surface area contributed by atoms with Crippen molar-refractivity contribution in [3.05, 3.63) is 45.4 Å². The molecule has 0 amide bonds. The number of aryl methyl sites for hydroxylation is 1. The van der Waals surface area contributed by atoms with E-state index in [-0.39, 0.29) is 10.5 Å². The zero-order valence-electron chi connectivity index (χ0n) is 11.8. The van der Waals surface area contributed by atoms with Crippen molar-refractivity contribution in [1.82, 2.24) is 9.55 Å². The number of para-hydroxylation sites is 1. The molecule has 0 spiro atoms. The molecule has 0 bridgehead atoms. The molecule has 0 aliphatic carbocycles. The second kappa shape index (κ2) is 6.91. The molecule has 1 aromatic carbocycles. The number of aliphatic hydroxyl groups is 4. The second-order valence-corrected chi connectivity index (χ2v) is 5.77. The van der Waals surface area contributed by atoms with Crippen molar-refractivity contribution in [1.29, 1.82) is 0 Å². The summed E-state index contributed by atoms with van der Waals surface area (Å²) >= 11 is 11.4. The van der Waals surface area contributed by atoms with Crippen LogP contribution in [0.25, 0.3) is 5.69 Å². The van der Waals surface area contributed by atoms with Crippen LogP contribution in [0.4, 0.5) is 0 Å². The van der Waals surface area contributed by atoms with E-state index in [0.717, 1.165) is 5.56 Å². The van der Waals surface area contributed by atoms with E-state index in [0.29, 0.717) is 10.7 Å². The lowest BCUT2D eigenvalue weighted by molar-refractivity contribution is -0.0788. The molecule has 0 saturated carbocycles. The Balaban J connectivity index is 2.43. The molecule has 5 N–H and O–H groups in total. The second-order valence-electron chi connectivity index (χ2n) is 4.98. The van der Waals surface area contributed by atoms with E-state index in [2.05, 4.69) is 4.98 Å². The number of nitrogens with one attached hydrogen (secondary N) is 1. The van der Waals surface area contributed by atoms with Gasteiger partial charge in [0.25, 0.3) is 0 Å². The summed E-state index contributed by atoms with van der Waals surface area (Å²) < 4.78 is 1.87. The molecule has 0 aliphatic heterocycles. The summed E-state index contributed by atoms with van der Waals surface area (Å²) in [7, 11) is 0. The number of benzene rings is 1. The fourth-order valence-corrected chi connectivity index (χ4v) is 2.74. The van der Waals surface area contributed by atoms with Gasteiger partial charge in [0.05, 0.1) is 23.0 Å². The number of aromatic amines is 1. The minimum absolute atomic E-state index is 0.212. The van der Waals surface area contributed by atoms with Gasteiger partial charge in [-0.15, -0.1) is 0 Å². The first-order chi connectivity index (χ1) is 10.4. The van der Waals surface area contributed by atoms with E-state index in [1.165, 1.54) is 6.20 Å². The molecule has 0 aliphatic rings. The van der Waals surface area contributed by atoms with E-state index >= 15 is 0 Å². The molecule has 0 radical (unpaired) electrons. The molecule has 1 heterocycles. The number of hydrogen-bond acceptors (Lipinski definition) is 5. The van der Waals surface area contributed by atoms with E-state index < -0.39 is 24.9 Å². The molecular formula is C14H17ClN2O4S. The zero-order chi connectivity index (χ0) is 16.4. The topological polar surface area (TPSA) is 102 Å². The number of aromatic nitrogens is 2. The highest BCUT2D eigenvalue weighted by Gasteiger charge is 2.27. The predicted molar refractivity (Wildman–Crippen MR) is 84.8 cm³/mol. The number of imidazole rings is 1. The molecule has 8 heteroatoms. The summed E-state index contributed by atoms with van der Waals surface area (Å²) in [5.74, 6) is 0. The van der Waals surface area contributed by atoms with Gasteiger partial charge < -0.3 is 25.4 Å². The Kier molecular flexibility index (Phi) is 5.38. The van der Waals surface area contributed by atoms with Crippen molar-refractivity contribution in [2.45, 2.75) is 25.2 Å². The first kappa shape index (κ1) is 17.1. The van der Waals surface area contributed by atoms with Crippen LogP contribution in [0.1, 0.15) is 17.4 Å². The predicted octanol–water partition coefficient (Wildman–Crippen LogP) is 1.24. The summed E-state index contributed by atoms with van der Waals surface area (Å²) in [6.07, 6.45) is -2.91. The third-order valence-corrected chi connectivity index (χ3v) is 3.99. The monoisotopic (exact) mass is 344 g/mol. The lowest BCUT2D eigenvalue weighted by atomic mass is 10.1. The van der Waals surface area contributed by atoms with E-state index in [9.17, 15) is 15.3 Å². The van der Waals surface area contributed by atoms with Crippen molar-refractivity contribution in [3.63, 3.8) is 0 Å². The first-order valence-electron chi connectivity index (χ1n) is 6.59. The minimum Gasteiger partial charge on any atom is -0.394 e. The van der Waals surface area contributed by atoms with Crippen molar-refractivity contribution in [2.24, 2.45) is 0 Å². The Morgan fingerprint density at radius 2 is 2.00 bits per heavy atom. The molecule has 6 nitrogen and oxygen atoms in total. The van der Waals surface area contributed by atoms with Crippen LogP contribution in [0.2, 0.25) is 5.02 Å². The molecule has 22 heavy (non-hydrogen) atoms. The smallest absolute Gasteiger partial charge is 0.182 e. The van der Waals surface area contributed by atoms with Gasteiger partial charge in [0.15, 0.2) is 4.77 Å². The fraction of sp³-hybridized carbons (Fsp3) is 0.357. The first-order valence-corrected chi connectivity index (χ1v) is 7.37. The average molecular weight is 345 g/mol. The standard InChI is InChI=1S/C14H17ClN2O4S/c1-7-3-2-4-8(15)11(7)17-5-9(16-14(17)22)12(20)13(21)10(19)6-18/h2-5,10,12-13,18-21H,6H2,1H3,(H,16,22)/t10-,12+,13-/m1/s1. The largest absolute Gasteiger partial charge is 0.394 e. The number of nitrogens with zero attached hydrogens (tertiary/aromatic N) is 1. The van der Waals surface area contributed by atoms with E-state index in [4.69, 9.17) is 28.9 Å². The molecule has 2 rings (SSSR count). The van der Waals surface area contributed by atoms with Gasteiger partial charge in [0.1, 0.15) is 18.3 Å². The summed E-state index contributed by atoms with van der Waals surface area (Å²) in [4.78, 5) is 2.77. The number of H-pyrrole nitrogens is 1. The maximum absolute atomic E-state index is 10.1. The van der Waals surface area contributed by atoms with Crippen LogP contribution in [0.3, 0.4) is 0 Å².